The number of pyridine rings is 1. The third-order valence-corrected chi connectivity index (χ3v) is 6.22. The summed E-state index contributed by atoms with van der Waals surface area (Å²) >= 11 is 0. The van der Waals surface area contributed by atoms with Crippen molar-refractivity contribution in [3.63, 3.8) is 0 Å². The Balaban J connectivity index is 1.38. The second kappa shape index (κ2) is 11.7. The molecule has 1 aromatic heterocycles. The smallest absolute Gasteiger partial charge is 0.119 e. The van der Waals surface area contributed by atoms with Crippen LogP contribution in [0.4, 0.5) is 5.69 Å². The van der Waals surface area contributed by atoms with Gasteiger partial charge in [-0.3, -0.25) is 9.88 Å². The molecule has 0 atom stereocenters. The Kier molecular flexibility index (Phi) is 8.15. The highest BCUT2D eigenvalue weighted by Crippen LogP contribution is 2.27. The number of likely N-dealkylation sites (tertiary alicyclic amines) is 1. The molecule has 0 amide bonds. The van der Waals surface area contributed by atoms with E-state index in [4.69, 9.17) is 4.74 Å². The second-order valence-electron chi connectivity index (χ2n) is 9.03. The van der Waals surface area contributed by atoms with E-state index in [0.717, 1.165) is 50.5 Å². The van der Waals surface area contributed by atoms with Gasteiger partial charge in [-0.05, 0) is 68.7 Å². The van der Waals surface area contributed by atoms with E-state index in [1.165, 1.54) is 16.8 Å². The number of hydrogen-bond acceptors (Lipinski definition) is 4. The Labute approximate surface area is 198 Å². The number of allylic oxidation sites excluding steroid dienone is 1. The molecule has 0 aliphatic carbocycles. The van der Waals surface area contributed by atoms with Crippen LogP contribution < -0.4 is 9.64 Å². The van der Waals surface area contributed by atoms with Crippen LogP contribution in [0.2, 0.25) is 0 Å². The number of nitrogens with zero attached hydrogens (tertiary/aromatic N) is 3. The van der Waals surface area contributed by atoms with Crippen LogP contribution in [0.3, 0.4) is 0 Å². The van der Waals surface area contributed by atoms with Gasteiger partial charge in [0.05, 0.1) is 5.69 Å². The average molecular weight is 442 g/mol. The van der Waals surface area contributed by atoms with E-state index in [-0.39, 0.29) is 0 Å². The van der Waals surface area contributed by atoms with Gasteiger partial charge in [-0.1, -0.05) is 48.0 Å². The van der Waals surface area contributed by atoms with Gasteiger partial charge in [0, 0.05) is 44.1 Å². The van der Waals surface area contributed by atoms with Gasteiger partial charge in [0.15, 0.2) is 0 Å². The summed E-state index contributed by atoms with van der Waals surface area (Å²) in [5.41, 5.74) is 4.96. The zero-order valence-electron chi connectivity index (χ0n) is 19.9. The molecular formula is C29H35N3O. The van der Waals surface area contributed by atoms with Gasteiger partial charge >= 0.3 is 0 Å². The maximum atomic E-state index is 6.00. The maximum absolute atomic E-state index is 6.00. The monoisotopic (exact) mass is 441 g/mol. The molecule has 0 radical (unpaired) electrons. The molecule has 0 bridgehead atoms. The number of rotatable bonds is 9. The molecule has 1 aliphatic rings. The number of aromatic nitrogens is 1. The van der Waals surface area contributed by atoms with E-state index in [9.17, 15) is 0 Å². The van der Waals surface area contributed by atoms with Crippen molar-refractivity contribution >= 4 is 5.69 Å². The molecule has 33 heavy (non-hydrogen) atoms. The topological polar surface area (TPSA) is 28.6 Å². The Morgan fingerprint density at radius 2 is 1.70 bits per heavy atom. The Morgan fingerprint density at radius 1 is 0.970 bits per heavy atom. The van der Waals surface area contributed by atoms with Crippen LogP contribution in [-0.4, -0.2) is 35.6 Å². The van der Waals surface area contributed by atoms with Crippen molar-refractivity contribution in [2.75, 3.05) is 24.5 Å². The lowest BCUT2D eigenvalue weighted by Crippen LogP contribution is -2.45. The van der Waals surface area contributed by atoms with Crippen LogP contribution in [0, 0.1) is 0 Å². The van der Waals surface area contributed by atoms with Gasteiger partial charge in [-0.25, -0.2) is 0 Å². The SMILES string of the molecule is CC(C)=CCN(c1ccc(OCc2ccccc2)cc1)C1CCN(Cc2ccccn2)CC1. The van der Waals surface area contributed by atoms with Crippen molar-refractivity contribution in [2.24, 2.45) is 0 Å². The molecule has 0 saturated carbocycles. The molecular weight excluding hydrogens is 406 g/mol. The minimum Gasteiger partial charge on any atom is -0.489 e. The van der Waals surface area contributed by atoms with Gasteiger partial charge in [0.25, 0.3) is 0 Å². The largest absolute Gasteiger partial charge is 0.489 e. The summed E-state index contributed by atoms with van der Waals surface area (Å²) in [4.78, 5) is 9.58. The molecule has 172 valence electrons. The lowest BCUT2D eigenvalue weighted by Gasteiger charge is -2.39. The van der Waals surface area contributed by atoms with E-state index >= 15 is 0 Å². The van der Waals surface area contributed by atoms with Gasteiger partial charge in [-0.15, -0.1) is 0 Å². The highest BCUT2D eigenvalue weighted by atomic mass is 16.5. The molecule has 3 aromatic rings. The van der Waals surface area contributed by atoms with Crippen LogP contribution in [0.25, 0.3) is 0 Å². The summed E-state index contributed by atoms with van der Waals surface area (Å²) in [6.45, 7) is 9.03. The van der Waals surface area contributed by atoms with E-state index < -0.39 is 0 Å². The minimum atomic E-state index is 0.539. The summed E-state index contributed by atoms with van der Waals surface area (Å²) in [5, 5.41) is 0. The fourth-order valence-corrected chi connectivity index (χ4v) is 4.33. The maximum Gasteiger partial charge on any atom is 0.119 e. The molecule has 1 fully saturated rings. The van der Waals surface area contributed by atoms with E-state index in [1.54, 1.807) is 0 Å². The number of hydrogen-bond donors (Lipinski definition) is 0. The minimum absolute atomic E-state index is 0.539. The van der Waals surface area contributed by atoms with Crippen LogP contribution in [0.1, 0.15) is 37.9 Å². The first-order valence-corrected chi connectivity index (χ1v) is 12.0. The molecule has 0 unspecified atom stereocenters. The molecule has 2 heterocycles. The number of ether oxygens (including phenoxy) is 1. The van der Waals surface area contributed by atoms with E-state index in [0.29, 0.717) is 12.6 Å². The molecule has 4 heteroatoms. The second-order valence-corrected chi connectivity index (χ2v) is 9.03. The first-order valence-electron chi connectivity index (χ1n) is 12.0. The number of benzene rings is 2. The predicted molar refractivity (Wildman–Crippen MR) is 137 cm³/mol. The summed E-state index contributed by atoms with van der Waals surface area (Å²) in [6.07, 6.45) is 6.54. The van der Waals surface area contributed by atoms with Gasteiger partial charge < -0.3 is 9.64 Å². The summed E-state index contributed by atoms with van der Waals surface area (Å²) in [5.74, 6) is 0.912. The third-order valence-electron chi connectivity index (χ3n) is 6.22. The van der Waals surface area contributed by atoms with Gasteiger partial charge in [-0.2, -0.15) is 0 Å². The normalized spacial score (nSPS) is 14.6. The Bertz CT molecular complexity index is 990. The highest BCUT2D eigenvalue weighted by molar-refractivity contribution is 5.51. The van der Waals surface area contributed by atoms with Gasteiger partial charge in [0.1, 0.15) is 12.4 Å². The van der Waals surface area contributed by atoms with Crippen molar-refractivity contribution in [1.82, 2.24) is 9.88 Å². The zero-order chi connectivity index (χ0) is 22.9. The number of piperidine rings is 1. The number of anilines is 1. The van der Waals surface area contributed by atoms with Crippen LogP contribution in [0.5, 0.6) is 5.75 Å². The van der Waals surface area contributed by atoms with E-state index in [2.05, 4.69) is 83.2 Å². The van der Waals surface area contributed by atoms with Crippen LogP contribution in [0.15, 0.2) is 90.6 Å². The van der Waals surface area contributed by atoms with Crippen molar-refractivity contribution in [1.29, 1.82) is 0 Å². The lowest BCUT2D eigenvalue weighted by molar-refractivity contribution is 0.200. The summed E-state index contributed by atoms with van der Waals surface area (Å²) in [6, 6.07) is 25.6. The summed E-state index contributed by atoms with van der Waals surface area (Å²) < 4.78 is 6.00. The van der Waals surface area contributed by atoms with Crippen LogP contribution in [-0.2, 0) is 13.2 Å². The first kappa shape index (κ1) is 23.1. The third kappa shape index (κ3) is 6.93. The van der Waals surface area contributed by atoms with Crippen molar-refractivity contribution in [3.8, 4) is 5.75 Å². The molecule has 4 rings (SSSR count). The Morgan fingerprint density at radius 3 is 2.36 bits per heavy atom. The van der Waals surface area contributed by atoms with Crippen LogP contribution >= 0.6 is 0 Å². The molecule has 0 spiro atoms. The van der Waals surface area contributed by atoms with Gasteiger partial charge in [0.2, 0.25) is 0 Å². The molecule has 1 aliphatic heterocycles. The molecule has 0 N–H and O–H groups in total. The first-order chi connectivity index (χ1) is 16.2. The van der Waals surface area contributed by atoms with Crippen molar-refractivity contribution < 1.29 is 4.74 Å². The quantitative estimate of drug-likeness (QED) is 0.375. The van der Waals surface area contributed by atoms with Crippen molar-refractivity contribution in [3.05, 3.63) is 102 Å². The molecule has 1 saturated heterocycles. The Hall–Kier alpha value is -3.11. The zero-order valence-corrected chi connectivity index (χ0v) is 19.9. The fraction of sp³-hybridized carbons (Fsp3) is 0.345. The van der Waals surface area contributed by atoms with Crippen molar-refractivity contribution in [2.45, 2.75) is 45.9 Å². The lowest BCUT2D eigenvalue weighted by atomic mass is 10.0. The van der Waals surface area contributed by atoms with E-state index in [1.807, 2.05) is 30.5 Å². The molecule has 4 nitrogen and oxygen atoms in total. The standard InChI is InChI=1S/C29H35N3O/c1-24(2)15-21-32(28-16-19-31(20-17-28)22-26-10-6-7-18-30-26)27-11-13-29(14-12-27)33-23-25-8-4-3-5-9-25/h3-15,18,28H,16-17,19-23H2,1-2H3. The average Bonchev–Trinajstić information content (AvgIpc) is 2.86. The highest BCUT2D eigenvalue weighted by Gasteiger charge is 2.24. The molecule has 2 aromatic carbocycles. The predicted octanol–water partition coefficient (Wildman–Crippen LogP) is 6.10. The fourth-order valence-electron chi connectivity index (χ4n) is 4.33. The summed E-state index contributed by atoms with van der Waals surface area (Å²) in [7, 11) is 0.